The van der Waals surface area contributed by atoms with Crippen LogP contribution in [0.5, 0.6) is 0 Å². The van der Waals surface area contributed by atoms with E-state index in [1.54, 1.807) is 36.4 Å². The predicted molar refractivity (Wildman–Crippen MR) is 118 cm³/mol. The lowest BCUT2D eigenvalue weighted by molar-refractivity contribution is 0.102. The highest BCUT2D eigenvalue weighted by Gasteiger charge is 2.17. The van der Waals surface area contributed by atoms with E-state index in [0.717, 1.165) is 22.8 Å². The Bertz CT molecular complexity index is 1050. The monoisotopic (exact) mass is 495 g/mol. The number of rotatable bonds is 6. The maximum Gasteiger partial charge on any atom is 0.276 e. The summed E-state index contributed by atoms with van der Waals surface area (Å²) < 4.78 is 2.37. The van der Waals surface area contributed by atoms with Crippen molar-refractivity contribution in [1.82, 2.24) is 9.78 Å². The lowest BCUT2D eigenvalue weighted by atomic mass is 10.1. The van der Waals surface area contributed by atoms with Crippen molar-refractivity contribution in [3.8, 4) is 0 Å². The Morgan fingerprint density at radius 1 is 1.19 bits per heavy atom. The van der Waals surface area contributed by atoms with Gasteiger partial charge in [0.25, 0.3) is 11.5 Å². The largest absolute Gasteiger partial charge is 0.319 e. The van der Waals surface area contributed by atoms with Crippen LogP contribution in [0, 0.1) is 3.57 Å². The molecular formula is C20H19ClIN3O2. The summed E-state index contributed by atoms with van der Waals surface area (Å²) in [6, 6.07) is 12.4. The maximum absolute atomic E-state index is 12.9. The molecule has 7 heteroatoms. The minimum atomic E-state index is -0.390. The van der Waals surface area contributed by atoms with Gasteiger partial charge in [-0.1, -0.05) is 49.6 Å². The molecule has 0 unspecified atom stereocenters. The number of unbranched alkanes of at least 4 members (excludes halogenated alkanes) is 2. The molecule has 0 aliphatic heterocycles. The summed E-state index contributed by atoms with van der Waals surface area (Å²) >= 11 is 8.38. The topological polar surface area (TPSA) is 64.0 Å². The molecule has 0 fully saturated rings. The van der Waals surface area contributed by atoms with E-state index in [-0.39, 0.29) is 11.3 Å². The van der Waals surface area contributed by atoms with E-state index < -0.39 is 5.91 Å². The van der Waals surface area contributed by atoms with Gasteiger partial charge in [-0.3, -0.25) is 9.59 Å². The average Bonchev–Trinajstić information content (AvgIpc) is 2.66. The standard InChI is InChI=1S/C20H19ClIN3O2/c1-2-3-6-11-25-20(27)15-8-5-4-7-14(15)18(24-25)19(26)23-17-10-9-13(22)12-16(17)21/h4-5,7-10,12H,2-3,6,11H2,1H3,(H,23,26). The summed E-state index contributed by atoms with van der Waals surface area (Å²) in [6.07, 6.45) is 2.88. The number of amides is 1. The Balaban J connectivity index is 2.02. The van der Waals surface area contributed by atoms with Crippen molar-refractivity contribution in [2.75, 3.05) is 5.32 Å². The summed E-state index contributed by atoms with van der Waals surface area (Å²) in [7, 11) is 0. The molecule has 1 heterocycles. The van der Waals surface area contributed by atoms with Crippen LogP contribution in [0.1, 0.15) is 36.7 Å². The van der Waals surface area contributed by atoms with Gasteiger partial charge < -0.3 is 5.32 Å². The van der Waals surface area contributed by atoms with Crippen molar-refractivity contribution in [2.24, 2.45) is 0 Å². The first-order valence-electron chi connectivity index (χ1n) is 8.77. The smallest absolute Gasteiger partial charge is 0.276 e. The van der Waals surface area contributed by atoms with Crippen molar-refractivity contribution in [3.63, 3.8) is 0 Å². The highest BCUT2D eigenvalue weighted by molar-refractivity contribution is 14.1. The fourth-order valence-corrected chi connectivity index (χ4v) is 3.74. The Labute approximate surface area is 175 Å². The molecule has 2 aromatic carbocycles. The van der Waals surface area contributed by atoms with Crippen LogP contribution in [0.2, 0.25) is 5.02 Å². The minimum Gasteiger partial charge on any atom is -0.319 e. The van der Waals surface area contributed by atoms with Gasteiger partial charge in [-0.2, -0.15) is 5.10 Å². The Morgan fingerprint density at radius 2 is 1.93 bits per heavy atom. The van der Waals surface area contributed by atoms with E-state index in [9.17, 15) is 9.59 Å². The fraction of sp³-hybridized carbons (Fsp3) is 0.250. The lowest BCUT2D eigenvalue weighted by Crippen LogP contribution is -2.27. The second kappa shape index (κ2) is 8.84. The first-order chi connectivity index (χ1) is 13.0. The highest BCUT2D eigenvalue weighted by atomic mass is 127. The average molecular weight is 496 g/mol. The van der Waals surface area contributed by atoms with Crippen molar-refractivity contribution >= 4 is 56.6 Å². The summed E-state index contributed by atoms with van der Waals surface area (Å²) in [5, 5.41) is 8.65. The first-order valence-corrected chi connectivity index (χ1v) is 10.2. The number of benzene rings is 2. The van der Waals surface area contributed by atoms with E-state index >= 15 is 0 Å². The van der Waals surface area contributed by atoms with Gasteiger partial charge in [0.15, 0.2) is 5.69 Å². The third kappa shape index (κ3) is 4.50. The van der Waals surface area contributed by atoms with Crippen LogP contribution in [-0.4, -0.2) is 15.7 Å². The number of hydrogen-bond donors (Lipinski definition) is 1. The zero-order valence-electron chi connectivity index (χ0n) is 14.8. The number of aromatic nitrogens is 2. The summed E-state index contributed by atoms with van der Waals surface area (Å²) in [4.78, 5) is 25.6. The Morgan fingerprint density at radius 3 is 2.63 bits per heavy atom. The molecule has 27 heavy (non-hydrogen) atoms. The fourth-order valence-electron chi connectivity index (χ4n) is 2.84. The van der Waals surface area contributed by atoms with Crippen LogP contribution in [-0.2, 0) is 6.54 Å². The minimum absolute atomic E-state index is 0.175. The molecular weight excluding hydrogens is 477 g/mol. The van der Waals surface area contributed by atoms with Gasteiger partial charge >= 0.3 is 0 Å². The van der Waals surface area contributed by atoms with Gasteiger partial charge in [0, 0.05) is 15.5 Å². The van der Waals surface area contributed by atoms with Gasteiger partial charge in [0.05, 0.1) is 16.1 Å². The second-order valence-corrected chi connectivity index (χ2v) is 7.86. The molecule has 0 saturated carbocycles. The Hall–Kier alpha value is -1.93. The van der Waals surface area contributed by atoms with Gasteiger partial charge in [0.1, 0.15) is 0 Å². The van der Waals surface area contributed by atoms with Crippen LogP contribution in [0.25, 0.3) is 10.8 Å². The van der Waals surface area contributed by atoms with E-state index in [0.29, 0.717) is 28.0 Å². The molecule has 1 N–H and O–H groups in total. The number of carbonyl (C=O) groups excluding carboxylic acids is 1. The van der Waals surface area contributed by atoms with Gasteiger partial charge in [-0.25, -0.2) is 4.68 Å². The molecule has 3 rings (SSSR count). The van der Waals surface area contributed by atoms with Crippen molar-refractivity contribution in [3.05, 3.63) is 67.1 Å². The molecule has 1 amide bonds. The molecule has 0 saturated heterocycles. The molecule has 0 aliphatic rings. The molecule has 0 spiro atoms. The molecule has 0 bridgehead atoms. The second-order valence-electron chi connectivity index (χ2n) is 6.21. The number of fused-ring (bicyclic) bond motifs is 1. The molecule has 0 radical (unpaired) electrons. The van der Waals surface area contributed by atoms with Crippen LogP contribution < -0.4 is 10.9 Å². The molecule has 0 aliphatic carbocycles. The van der Waals surface area contributed by atoms with E-state index in [1.807, 2.05) is 6.07 Å². The van der Waals surface area contributed by atoms with Gasteiger partial charge in [-0.05, 0) is 53.3 Å². The first kappa shape index (κ1) is 19.8. The molecule has 0 atom stereocenters. The van der Waals surface area contributed by atoms with E-state index in [2.05, 4.69) is 39.9 Å². The number of anilines is 1. The third-order valence-electron chi connectivity index (χ3n) is 4.24. The number of carbonyl (C=O) groups is 1. The molecule has 140 valence electrons. The van der Waals surface area contributed by atoms with Crippen LogP contribution in [0.4, 0.5) is 5.69 Å². The number of nitrogens with one attached hydrogen (secondary N) is 1. The Kier molecular flexibility index (Phi) is 6.49. The van der Waals surface area contributed by atoms with E-state index in [4.69, 9.17) is 11.6 Å². The van der Waals surface area contributed by atoms with Crippen molar-refractivity contribution in [2.45, 2.75) is 32.7 Å². The maximum atomic E-state index is 12.9. The normalized spacial score (nSPS) is 10.9. The summed E-state index contributed by atoms with van der Waals surface area (Å²) in [5.41, 5.74) is 0.554. The number of halogens is 2. The van der Waals surface area contributed by atoms with Crippen LogP contribution in [0.15, 0.2) is 47.3 Å². The number of hydrogen-bond acceptors (Lipinski definition) is 3. The zero-order valence-corrected chi connectivity index (χ0v) is 17.8. The van der Waals surface area contributed by atoms with Gasteiger partial charge in [0.2, 0.25) is 0 Å². The summed E-state index contributed by atoms with van der Waals surface area (Å²) in [5.74, 6) is -0.390. The highest BCUT2D eigenvalue weighted by Crippen LogP contribution is 2.25. The van der Waals surface area contributed by atoms with Crippen molar-refractivity contribution in [1.29, 1.82) is 0 Å². The SMILES string of the molecule is CCCCCn1nc(C(=O)Nc2ccc(I)cc2Cl)c2ccccc2c1=O. The van der Waals surface area contributed by atoms with E-state index in [1.165, 1.54) is 4.68 Å². The van der Waals surface area contributed by atoms with Gasteiger partial charge in [-0.15, -0.1) is 0 Å². The predicted octanol–water partition coefficient (Wildman–Crippen LogP) is 5.10. The molecule has 3 aromatic rings. The molecule has 1 aromatic heterocycles. The lowest BCUT2D eigenvalue weighted by Gasteiger charge is -2.12. The quantitative estimate of drug-likeness (QED) is 0.382. The number of nitrogens with zero attached hydrogens (tertiary/aromatic N) is 2. The van der Waals surface area contributed by atoms with Crippen LogP contribution in [0.3, 0.4) is 0 Å². The van der Waals surface area contributed by atoms with Crippen molar-refractivity contribution < 1.29 is 4.79 Å². The number of aryl methyl sites for hydroxylation is 1. The summed E-state index contributed by atoms with van der Waals surface area (Å²) in [6.45, 7) is 2.59. The van der Waals surface area contributed by atoms with Crippen LogP contribution >= 0.6 is 34.2 Å². The molecule has 5 nitrogen and oxygen atoms in total. The zero-order chi connectivity index (χ0) is 19.4. The third-order valence-corrected chi connectivity index (χ3v) is 5.22.